The lowest BCUT2D eigenvalue weighted by atomic mass is 9.61. The number of ether oxygens (including phenoxy) is 1. The Hall–Kier alpha value is -1.51. The fourth-order valence-electron chi connectivity index (χ4n) is 6.39. The van der Waals surface area contributed by atoms with E-state index in [0.29, 0.717) is 16.9 Å². The summed E-state index contributed by atoms with van der Waals surface area (Å²) < 4.78 is 6.14. The minimum atomic E-state index is -0.150. The van der Waals surface area contributed by atoms with Gasteiger partial charge in [-0.25, -0.2) is 4.79 Å². The van der Waals surface area contributed by atoms with Gasteiger partial charge in [0.15, 0.2) is 0 Å². The van der Waals surface area contributed by atoms with Gasteiger partial charge in [-0.05, 0) is 79.5 Å². The SMILES string of the molecule is CC(C)CCC[C@@H](C)[C@H]1CC[C@H]2[C@@H](OC(=O)c3ccc(N(C)C)cc3)CCC[C@]12C. The minimum Gasteiger partial charge on any atom is -0.458 e. The highest BCUT2D eigenvalue weighted by atomic mass is 16.5. The van der Waals surface area contributed by atoms with Gasteiger partial charge in [0, 0.05) is 25.7 Å². The molecule has 5 atom stereocenters. The normalized spacial score (nSPS) is 29.5. The van der Waals surface area contributed by atoms with Crippen molar-refractivity contribution in [3.8, 4) is 0 Å². The zero-order chi connectivity index (χ0) is 21.9. The molecule has 2 fully saturated rings. The first-order valence-electron chi connectivity index (χ1n) is 12.2. The molecule has 2 saturated carbocycles. The molecule has 3 nitrogen and oxygen atoms in total. The third kappa shape index (κ3) is 5.03. The van der Waals surface area contributed by atoms with Crippen LogP contribution in [0.25, 0.3) is 0 Å². The van der Waals surface area contributed by atoms with E-state index in [1.165, 1.54) is 44.9 Å². The van der Waals surface area contributed by atoms with Crippen molar-refractivity contribution in [1.29, 1.82) is 0 Å². The molecule has 1 aromatic rings. The monoisotopic (exact) mass is 413 g/mol. The molecular weight excluding hydrogens is 370 g/mol. The maximum absolute atomic E-state index is 12.9. The summed E-state index contributed by atoms with van der Waals surface area (Å²) in [6.45, 7) is 9.62. The third-order valence-electron chi connectivity index (χ3n) is 8.14. The maximum Gasteiger partial charge on any atom is 0.338 e. The van der Waals surface area contributed by atoms with Crippen LogP contribution in [0.1, 0.15) is 89.4 Å². The Kier molecular flexibility index (Phi) is 7.52. The average molecular weight is 414 g/mol. The second kappa shape index (κ2) is 9.75. The molecule has 168 valence electrons. The lowest BCUT2D eigenvalue weighted by Crippen LogP contribution is -2.43. The van der Waals surface area contributed by atoms with E-state index in [1.54, 1.807) is 0 Å². The summed E-state index contributed by atoms with van der Waals surface area (Å²) in [5.41, 5.74) is 2.10. The van der Waals surface area contributed by atoms with Crippen molar-refractivity contribution in [1.82, 2.24) is 0 Å². The predicted molar refractivity (Wildman–Crippen MR) is 126 cm³/mol. The molecule has 30 heavy (non-hydrogen) atoms. The van der Waals surface area contributed by atoms with Crippen LogP contribution >= 0.6 is 0 Å². The van der Waals surface area contributed by atoms with Gasteiger partial charge in [0.25, 0.3) is 0 Å². The van der Waals surface area contributed by atoms with Gasteiger partial charge < -0.3 is 9.64 Å². The second-order valence-corrected chi connectivity index (χ2v) is 10.9. The molecule has 0 aromatic heterocycles. The van der Waals surface area contributed by atoms with E-state index in [2.05, 4.69) is 27.7 Å². The van der Waals surface area contributed by atoms with Crippen molar-refractivity contribution >= 4 is 11.7 Å². The molecule has 2 aliphatic rings. The smallest absolute Gasteiger partial charge is 0.338 e. The average Bonchev–Trinajstić information content (AvgIpc) is 3.05. The van der Waals surface area contributed by atoms with Crippen LogP contribution in [0.3, 0.4) is 0 Å². The number of fused-ring (bicyclic) bond motifs is 1. The summed E-state index contributed by atoms with van der Waals surface area (Å²) in [5, 5.41) is 0. The molecule has 0 saturated heterocycles. The van der Waals surface area contributed by atoms with E-state index in [9.17, 15) is 4.79 Å². The van der Waals surface area contributed by atoms with E-state index in [1.807, 2.05) is 43.3 Å². The van der Waals surface area contributed by atoms with E-state index in [-0.39, 0.29) is 12.1 Å². The molecule has 0 spiro atoms. The Labute approximate surface area is 184 Å². The Bertz CT molecular complexity index is 695. The lowest BCUT2D eigenvalue weighted by Gasteiger charge is -2.46. The Balaban J connectivity index is 1.63. The number of carbonyl (C=O) groups is 1. The van der Waals surface area contributed by atoms with Gasteiger partial charge in [-0.3, -0.25) is 0 Å². The van der Waals surface area contributed by atoms with Gasteiger partial charge in [-0.1, -0.05) is 47.0 Å². The highest BCUT2D eigenvalue weighted by Crippen LogP contribution is 2.58. The van der Waals surface area contributed by atoms with Crippen LogP contribution in [0.15, 0.2) is 24.3 Å². The van der Waals surface area contributed by atoms with Crippen LogP contribution in [-0.4, -0.2) is 26.2 Å². The van der Waals surface area contributed by atoms with Crippen LogP contribution in [-0.2, 0) is 4.74 Å². The van der Waals surface area contributed by atoms with Crippen LogP contribution in [0, 0.1) is 29.1 Å². The summed E-state index contributed by atoms with van der Waals surface area (Å²) in [6.07, 6.45) is 10.1. The summed E-state index contributed by atoms with van der Waals surface area (Å²) in [5.74, 6) is 2.72. The zero-order valence-electron chi connectivity index (χ0n) is 20.1. The van der Waals surface area contributed by atoms with Crippen molar-refractivity contribution in [2.45, 2.75) is 85.2 Å². The van der Waals surface area contributed by atoms with Crippen molar-refractivity contribution < 1.29 is 9.53 Å². The number of carbonyl (C=O) groups excluding carboxylic acids is 1. The molecule has 3 rings (SSSR count). The first-order chi connectivity index (χ1) is 14.2. The fraction of sp³-hybridized carbons (Fsp3) is 0.741. The van der Waals surface area contributed by atoms with Crippen molar-refractivity contribution in [2.24, 2.45) is 29.1 Å². The van der Waals surface area contributed by atoms with Crippen molar-refractivity contribution in [3.05, 3.63) is 29.8 Å². The molecule has 0 radical (unpaired) electrons. The zero-order valence-corrected chi connectivity index (χ0v) is 20.1. The molecule has 0 amide bonds. The van der Waals surface area contributed by atoms with E-state index in [4.69, 9.17) is 4.74 Å². The topological polar surface area (TPSA) is 29.5 Å². The summed E-state index contributed by atoms with van der Waals surface area (Å²) in [4.78, 5) is 14.9. The largest absolute Gasteiger partial charge is 0.458 e. The van der Waals surface area contributed by atoms with Crippen molar-refractivity contribution in [3.63, 3.8) is 0 Å². The molecular formula is C27H43NO2. The first-order valence-corrected chi connectivity index (χ1v) is 12.2. The summed E-state index contributed by atoms with van der Waals surface area (Å²) in [7, 11) is 4.02. The number of nitrogens with zero attached hydrogens (tertiary/aromatic N) is 1. The Morgan fingerprint density at radius 2 is 1.80 bits per heavy atom. The van der Waals surface area contributed by atoms with Gasteiger partial charge in [-0.2, -0.15) is 0 Å². The predicted octanol–water partition coefficient (Wildman–Crippen LogP) is 6.96. The molecule has 0 heterocycles. The van der Waals surface area contributed by atoms with E-state index < -0.39 is 0 Å². The number of rotatable bonds is 8. The Morgan fingerprint density at radius 3 is 2.43 bits per heavy atom. The number of anilines is 1. The molecule has 2 aliphatic carbocycles. The minimum absolute atomic E-state index is 0.0811. The van der Waals surface area contributed by atoms with Gasteiger partial charge in [0.05, 0.1) is 5.56 Å². The molecule has 3 heteroatoms. The summed E-state index contributed by atoms with van der Waals surface area (Å²) in [6, 6.07) is 7.78. The fourth-order valence-corrected chi connectivity index (χ4v) is 6.39. The Morgan fingerprint density at radius 1 is 1.10 bits per heavy atom. The quantitative estimate of drug-likeness (QED) is 0.432. The lowest BCUT2D eigenvalue weighted by molar-refractivity contribution is -0.0473. The van der Waals surface area contributed by atoms with Gasteiger partial charge in [0.2, 0.25) is 0 Å². The number of benzene rings is 1. The third-order valence-corrected chi connectivity index (χ3v) is 8.14. The van der Waals surface area contributed by atoms with Crippen LogP contribution < -0.4 is 4.90 Å². The van der Waals surface area contributed by atoms with Crippen molar-refractivity contribution in [2.75, 3.05) is 19.0 Å². The van der Waals surface area contributed by atoms with Gasteiger partial charge in [-0.15, -0.1) is 0 Å². The van der Waals surface area contributed by atoms with Crippen LogP contribution in [0.2, 0.25) is 0 Å². The van der Waals surface area contributed by atoms with E-state index >= 15 is 0 Å². The molecule has 0 aliphatic heterocycles. The number of hydrogen-bond acceptors (Lipinski definition) is 3. The number of esters is 1. The molecule has 0 N–H and O–H groups in total. The summed E-state index contributed by atoms with van der Waals surface area (Å²) >= 11 is 0. The van der Waals surface area contributed by atoms with Crippen LogP contribution in [0.4, 0.5) is 5.69 Å². The first kappa shape index (κ1) is 23.2. The van der Waals surface area contributed by atoms with E-state index in [0.717, 1.165) is 29.9 Å². The van der Waals surface area contributed by atoms with Gasteiger partial charge in [0.1, 0.15) is 6.10 Å². The highest BCUT2D eigenvalue weighted by molar-refractivity contribution is 5.90. The second-order valence-electron chi connectivity index (χ2n) is 10.9. The van der Waals surface area contributed by atoms with Gasteiger partial charge >= 0.3 is 5.97 Å². The highest BCUT2D eigenvalue weighted by Gasteiger charge is 2.53. The molecule has 0 unspecified atom stereocenters. The number of hydrogen-bond donors (Lipinski definition) is 0. The maximum atomic E-state index is 12.9. The van der Waals surface area contributed by atoms with Crippen LogP contribution in [0.5, 0.6) is 0 Å². The standard InChI is InChI=1S/C27H43NO2/c1-19(2)9-7-10-20(3)23-16-17-24-25(11-8-18-27(23,24)4)30-26(29)21-12-14-22(15-13-21)28(5)6/h12-15,19-20,23-25H,7-11,16-18H2,1-6H3/t20-,23-,24+,25+,27-/m1/s1. The molecule has 1 aromatic carbocycles. The molecule has 0 bridgehead atoms.